The summed E-state index contributed by atoms with van der Waals surface area (Å²) in [6.45, 7) is 3.23. The van der Waals surface area contributed by atoms with E-state index in [1.807, 2.05) is 0 Å². The lowest BCUT2D eigenvalue weighted by Crippen LogP contribution is -2.39. The van der Waals surface area contributed by atoms with E-state index in [-0.39, 0.29) is 19.4 Å². The topological polar surface area (TPSA) is 72.8 Å². The minimum atomic E-state index is -1.28. The maximum atomic E-state index is 10.9. The molecule has 0 aromatic rings. The first-order valence-electron chi connectivity index (χ1n) is 4.46. The van der Waals surface area contributed by atoms with Crippen LogP contribution < -0.4 is 0 Å². The molecule has 0 aromatic heterocycles. The zero-order chi connectivity index (χ0) is 11.3. The Hall–Kier alpha value is -1.78. The molecule has 82 valence electrons. The first-order valence-corrected chi connectivity index (χ1v) is 4.46. The molecule has 0 radical (unpaired) electrons. The lowest BCUT2D eigenvalue weighted by molar-refractivity contribution is -0.160. The third kappa shape index (κ3) is 2.59. The zero-order valence-electron chi connectivity index (χ0n) is 8.14. The molecule has 1 atom stereocenters. The summed E-state index contributed by atoms with van der Waals surface area (Å²) in [4.78, 5) is 21.7. The van der Waals surface area contributed by atoms with Gasteiger partial charge in [0.1, 0.15) is 0 Å². The largest absolute Gasteiger partial charge is 0.483 e. The van der Waals surface area contributed by atoms with Crippen LogP contribution in [-0.4, -0.2) is 29.3 Å². The van der Waals surface area contributed by atoms with Gasteiger partial charge in [0.2, 0.25) is 5.60 Å². The van der Waals surface area contributed by atoms with E-state index < -0.39 is 17.5 Å². The van der Waals surface area contributed by atoms with Gasteiger partial charge < -0.3 is 14.6 Å². The third-order valence-corrected chi connectivity index (χ3v) is 2.14. The van der Waals surface area contributed by atoms with E-state index >= 15 is 0 Å². The highest BCUT2D eigenvalue weighted by atomic mass is 16.5. The molecule has 0 bridgehead atoms. The molecular weight excluding hydrogens is 200 g/mol. The Morgan fingerprint density at radius 3 is 2.87 bits per heavy atom. The van der Waals surface area contributed by atoms with Crippen molar-refractivity contribution in [1.82, 2.24) is 0 Å². The summed E-state index contributed by atoms with van der Waals surface area (Å²) in [7, 11) is 0. The molecular formula is C10H12O5. The average Bonchev–Trinajstić information content (AvgIpc) is 2.67. The Morgan fingerprint density at radius 2 is 2.40 bits per heavy atom. The SMILES string of the molecule is C=CC(=O)OCCC1(C(=O)O)CC=CO1. The zero-order valence-corrected chi connectivity index (χ0v) is 8.14. The summed E-state index contributed by atoms with van der Waals surface area (Å²) in [5, 5.41) is 8.96. The number of hydrogen-bond donors (Lipinski definition) is 1. The number of rotatable bonds is 5. The van der Waals surface area contributed by atoms with Crippen LogP contribution in [0.2, 0.25) is 0 Å². The van der Waals surface area contributed by atoms with E-state index in [4.69, 9.17) is 14.6 Å². The summed E-state index contributed by atoms with van der Waals surface area (Å²) in [6, 6.07) is 0. The van der Waals surface area contributed by atoms with E-state index in [1.165, 1.54) is 6.26 Å². The molecule has 0 aliphatic carbocycles. The number of carboxylic acids is 1. The molecule has 0 aromatic carbocycles. The minimum absolute atomic E-state index is 0.00116. The number of hydrogen-bond acceptors (Lipinski definition) is 4. The van der Waals surface area contributed by atoms with Crippen molar-refractivity contribution in [3.63, 3.8) is 0 Å². The quantitative estimate of drug-likeness (QED) is 0.540. The van der Waals surface area contributed by atoms with E-state index in [2.05, 4.69) is 6.58 Å². The van der Waals surface area contributed by atoms with Gasteiger partial charge in [-0.1, -0.05) is 6.58 Å². The van der Waals surface area contributed by atoms with Crippen molar-refractivity contribution in [2.45, 2.75) is 18.4 Å². The lowest BCUT2D eigenvalue weighted by atomic mass is 9.97. The van der Waals surface area contributed by atoms with Gasteiger partial charge in [0.25, 0.3) is 0 Å². The van der Waals surface area contributed by atoms with E-state index in [9.17, 15) is 9.59 Å². The third-order valence-electron chi connectivity index (χ3n) is 2.14. The number of carboxylic acid groups (broad SMARTS) is 1. The number of esters is 1. The Bertz CT molecular complexity index is 297. The van der Waals surface area contributed by atoms with Crippen LogP contribution in [0.3, 0.4) is 0 Å². The maximum Gasteiger partial charge on any atom is 0.348 e. The molecule has 1 aliphatic rings. The van der Waals surface area contributed by atoms with Gasteiger partial charge >= 0.3 is 11.9 Å². The van der Waals surface area contributed by atoms with Gasteiger partial charge in [-0.2, -0.15) is 0 Å². The van der Waals surface area contributed by atoms with Gasteiger partial charge in [-0.15, -0.1) is 0 Å². The molecule has 5 nitrogen and oxygen atoms in total. The fourth-order valence-corrected chi connectivity index (χ4v) is 1.25. The normalized spacial score (nSPS) is 23.2. The summed E-state index contributed by atoms with van der Waals surface area (Å²) in [5.41, 5.74) is -1.28. The Morgan fingerprint density at radius 1 is 1.67 bits per heavy atom. The van der Waals surface area contributed by atoms with Crippen LogP contribution in [-0.2, 0) is 19.1 Å². The van der Waals surface area contributed by atoms with Crippen molar-refractivity contribution in [3.05, 3.63) is 25.0 Å². The molecule has 1 rings (SSSR count). The standard InChI is InChI=1S/C10H12O5/c1-2-8(11)14-7-5-10(9(12)13)4-3-6-15-10/h2-3,6H,1,4-5,7H2,(H,12,13). The van der Waals surface area contributed by atoms with Crippen LogP contribution in [0.25, 0.3) is 0 Å². The number of aliphatic carboxylic acids is 1. The van der Waals surface area contributed by atoms with Crippen LogP contribution in [0.4, 0.5) is 0 Å². The maximum absolute atomic E-state index is 10.9. The van der Waals surface area contributed by atoms with Crippen molar-refractivity contribution in [3.8, 4) is 0 Å². The van der Waals surface area contributed by atoms with Crippen LogP contribution in [0, 0.1) is 0 Å². The summed E-state index contributed by atoms with van der Waals surface area (Å²) < 4.78 is 9.72. The van der Waals surface area contributed by atoms with Crippen LogP contribution in [0.15, 0.2) is 25.0 Å². The fourth-order valence-electron chi connectivity index (χ4n) is 1.25. The highest BCUT2D eigenvalue weighted by Gasteiger charge is 2.41. The second-order valence-electron chi connectivity index (χ2n) is 3.11. The molecule has 0 amide bonds. The number of ether oxygens (including phenoxy) is 2. The van der Waals surface area contributed by atoms with Gasteiger partial charge in [0, 0.05) is 18.9 Å². The van der Waals surface area contributed by atoms with Crippen LogP contribution >= 0.6 is 0 Å². The highest BCUT2D eigenvalue weighted by molar-refractivity contribution is 5.81. The molecule has 0 saturated heterocycles. The van der Waals surface area contributed by atoms with Crippen molar-refractivity contribution in [1.29, 1.82) is 0 Å². The fraction of sp³-hybridized carbons (Fsp3) is 0.400. The first kappa shape index (κ1) is 11.3. The Labute approximate surface area is 87.0 Å². The predicted molar refractivity (Wildman–Crippen MR) is 51.0 cm³/mol. The summed E-state index contributed by atoms with van der Waals surface area (Å²) >= 11 is 0. The first-order chi connectivity index (χ1) is 7.10. The van der Waals surface area contributed by atoms with E-state index in [1.54, 1.807) is 6.08 Å². The van der Waals surface area contributed by atoms with Crippen molar-refractivity contribution in [2.24, 2.45) is 0 Å². The van der Waals surface area contributed by atoms with E-state index in [0.29, 0.717) is 0 Å². The van der Waals surface area contributed by atoms with Gasteiger partial charge in [0.05, 0.1) is 12.9 Å². The van der Waals surface area contributed by atoms with Gasteiger partial charge in [-0.25, -0.2) is 9.59 Å². The second kappa shape index (κ2) is 4.63. The molecule has 1 heterocycles. The molecule has 5 heteroatoms. The van der Waals surface area contributed by atoms with Crippen molar-refractivity contribution in [2.75, 3.05) is 6.61 Å². The van der Waals surface area contributed by atoms with Gasteiger partial charge in [-0.05, 0) is 6.08 Å². The summed E-state index contributed by atoms with van der Waals surface area (Å²) in [5.74, 6) is -1.62. The monoisotopic (exact) mass is 212 g/mol. The lowest BCUT2D eigenvalue weighted by Gasteiger charge is -2.23. The highest BCUT2D eigenvalue weighted by Crippen LogP contribution is 2.27. The van der Waals surface area contributed by atoms with Gasteiger partial charge in [-0.3, -0.25) is 0 Å². The Balaban J connectivity index is 2.44. The van der Waals surface area contributed by atoms with Crippen molar-refractivity contribution < 1.29 is 24.2 Å². The van der Waals surface area contributed by atoms with Crippen LogP contribution in [0.1, 0.15) is 12.8 Å². The number of carbonyl (C=O) groups excluding carboxylic acids is 1. The van der Waals surface area contributed by atoms with E-state index in [0.717, 1.165) is 6.08 Å². The molecule has 1 unspecified atom stereocenters. The minimum Gasteiger partial charge on any atom is -0.483 e. The van der Waals surface area contributed by atoms with Crippen LogP contribution in [0.5, 0.6) is 0 Å². The number of carbonyl (C=O) groups is 2. The molecule has 15 heavy (non-hydrogen) atoms. The Kier molecular flexibility index (Phi) is 3.49. The molecule has 0 saturated carbocycles. The predicted octanol–water partition coefficient (Wildman–Crippen LogP) is 0.863. The molecule has 0 fully saturated rings. The molecule has 1 N–H and O–H groups in total. The molecule has 1 aliphatic heterocycles. The smallest absolute Gasteiger partial charge is 0.348 e. The summed E-state index contributed by atoms with van der Waals surface area (Å²) in [6.07, 6.45) is 4.41. The second-order valence-corrected chi connectivity index (χ2v) is 3.11. The van der Waals surface area contributed by atoms with Crippen molar-refractivity contribution >= 4 is 11.9 Å². The average molecular weight is 212 g/mol. The van der Waals surface area contributed by atoms with Gasteiger partial charge in [0.15, 0.2) is 0 Å². The molecule has 0 spiro atoms.